The molecule has 14 heavy (non-hydrogen) atoms. The van der Waals surface area contributed by atoms with Gasteiger partial charge in [-0.2, -0.15) is 0 Å². The molecule has 2 N–H and O–H groups in total. The number of hydrogen-bond acceptors (Lipinski definition) is 2. The second kappa shape index (κ2) is 5.35. The van der Waals surface area contributed by atoms with Crippen LogP contribution in [0.2, 0.25) is 0 Å². The summed E-state index contributed by atoms with van der Waals surface area (Å²) in [4.78, 5) is 11.1. The predicted molar refractivity (Wildman–Crippen MR) is 60.2 cm³/mol. The lowest BCUT2D eigenvalue weighted by Gasteiger charge is -2.30. The molecule has 3 nitrogen and oxygen atoms in total. The zero-order chi connectivity index (χ0) is 11.4. The Hall–Kier alpha value is -0.570. The minimum atomic E-state index is 0.0890. The molecule has 1 amide bonds. The minimum Gasteiger partial charge on any atom is -0.359 e. The molecule has 0 heterocycles. The second-order valence-corrected chi connectivity index (χ2v) is 5.03. The normalized spacial score (nSPS) is 16.1. The van der Waals surface area contributed by atoms with E-state index in [2.05, 4.69) is 38.3 Å². The standard InChI is InChI=1S/C11H24N2O/c1-8(7-10(14)12-6)13-9(2)11(3,4)5/h8-9,13H,7H2,1-6H3,(H,12,14). The molecule has 0 aliphatic rings. The van der Waals surface area contributed by atoms with Crippen molar-refractivity contribution in [1.82, 2.24) is 10.6 Å². The summed E-state index contributed by atoms with van der Waals surface area (Å²) in [6, 6.07) is 0.631. The van der Waals surface area contributed by atoms with Gasteiger partial charge < -0.3 is 10.6 Å². The van der Waals surface area contributed by atoms with Gasteiger partial charge in [-0.3, -0.25) is 4.79 Å². The van der Waals surface area contributed by atoms with Crippen molar-refractivity contribution in [2.75, 3.05) is 7.05 Å². The summed E-state index contributed by atoms with van der Waals surface area (Å²) in [5.74, 6) is 0.0890. The van der Waals surface area contributed by atoms with Gasteiger partial charge in [0.15, 0.2) is 0 Å². The first-order valence-electron chi connectivity index (χ1n) is 5.24. The molecule has 0 rings (SSSR count). The summed E-state index contributed by atoms with van der Waals surface area (Å²) in [5, 5.41) is 6.05. The molecule has 2 unspecified atom stereocenters. The van der Waals surface area contributed by atoms with Crippen molar-refractivity contribution >= 4 is 5.91 Å². The predicted octanol–water partition coefficient (Wildman–Crippen LogP) is 1.54. The molecule has 0 aromatic heterocycles. The lowest BCUT2D eigenvalue weighted by molar-refractivity contribution is -0.121. The van der Waals surface area contributed by atoms with E-state index in [1.807, 2.05) is 6.92 Å². The fourth-order valence-electron chi connectivity index (χ4n) is 1.12. The van der Waals surface area contributed by atoms with Gasteiger partial charge in [-0.1, -0.05) is 20.8 Å². The minimum absolute atomic E-state index is 0.0890. The Morgan fingerprint density at radius 1 is 1.29 bits per heavy atom. The summed E-state index contributed by atoms with van der Waals surface area (Å²) < 4.78 is 0. The highest BCUT2D eigenvalue weighted by Gasteiger charge is 2.21. The topological polar surface area (TPSA) is 41.1 Å². The van der Waals surface area contributed by atoms with E-state index in [1.165, 1.54) is 0 Å². The monoisotopic (exact) mass is 200 g/mol. The van der Waals surface area contributed by atoms with E-state index < -0.39 is 0 Å². The van der Waals surface area contributed by atoms with Crippen molar-refractivity contribution in [2.24, 2.45) is 5.41 Å². The van der Waals surface area contributed by atoms with Crippen LogP contribution < -0.4 is 10.6 Å². The third-order valence-electron chi connectivity index (χ3n) is 2.60. The van der Waals surface area contributed by atoms with Gasteiger partial charge in [0.2, 0.25) is 5.91 Å². The Morgan fingerprint density at radius 3 is 2.14 bits per heavy atom. The molecular formula is C11H24N2O. The van der Waals surface area contributed by atoms with Crippen LogP contribution in [0.15, 0.2) is 0 Å². The van der Waals surface area contributed by atoms with E-state index in [1.54, 1.807) is 7.05 Å². The zero-order valence-corrected chi connectivity index (χ0v) is 10.3. The van der Waals surface area contributed by atoms with Crippen molar-refractivity contribution < 1.29 is 4.79 Å². The second-order valence-electron chi connectivity index (χ2n) is 5.03. The Morgan fingerprint density at radius 2 is 1.79 bits per heavy atom. The first kappa shape index (κ1) is 13.4. The highest BCUT2D eigenvalue weighted by atomic mass is 16.1. The number of rotatable bonds is 4. The van der Waals surface area contributed by atoms with E-state index in [-0.39, 0.29) is 17.4 Å². The average molecular weight is 200 g/mol. The number of hydrogen-bond donors (Lipinski definition) is 2. The van der Waals surface area contributed by atoms with Crippen LogP contribution in [-0.4, -0.2) is 25.0 Å². The van der Waals surface area contributed by atoms with Crippen molar-refractivity contribution in [3.63, 3.8) is 0 Å². The van der Waals surface area contributed by atoms with Crippen LogP contribution in [-0.2, 0) is 4.79 Å². The van der Waals surface area contributed by atoms with Gasteiger partial charge in [-0.15, -0.1) is 0 Å². The molecule has 0 saturated carbocycles. The highest BCUT2D eigenvalue weighted by molar-refractivity contribution is 5.76. The molecule has 0 aromatic rings. The van der Waals surface area contributed by atoms with Crippen LogP contribution >= 0.6 is 0 Å². The summed E-state index contributed by atoms with van der Waals surface area (Å²) in [5.41, 5.74) is 0.233. The van der Waals surface area contributed by atoms with E-state index in [0.717, 1.165) is 0 Å². The van der Waals surface area contributed by atoms with Crippen molar-refractivity contribution in [2.45, 2.75) is 53.1 Å². The Kier molecular flexibility index (Phi) is 5.13. The summed E-state index contributed by atoms with van der Waals surface area (Å²) >= 11 is 0. The van der Waals surface area contributed by atoms with Gasteiger partial charge in [0.25, 0.3) is 0 Å². The third kappa shape index (κ3) is 5.22. The smallest absolute Gasteiger partial charge is 0.221 e. The van der Waals surface area contributed by atoms with Crippen LogP contribution in [0.3, 0.4) is 0 Å². The lowest BCUT2D eigenvalue weighted by atomic mass is 9.87. The van der Waals surface area contributed by atoms with Gasteiger partial charge >= 0.3 is 0 Å². The molecule has 0 aromatic carbocycles. The molecule has 0 bridgehead atoms. The quantitative estimate of drug-likeness (QED) is 0.722. The van der Waals surface area contributed by atoms with Gasteiger partial charge in [0.1, 0.15) is 0 Å². The molecule has 0 spiro atoms. The zero-order valence-electron chi connectivity index (χ0n) is 10.3. The third-order valence-corrected chi connectivity index (χ3v) is 2.60. The van der Waals surface area contributed by atoms with Gasteiger partial charge in [-0.05, 0) is 19.3 Å². The summed E-state index contributed by atoms with van der Waals surface area (Å²) in [6.07, 6.45) is 0.539. The molecule has 0 aliphatic carbocycles. The fraction of sp³-hybridized carbons (Fsp3) is 0.909. The fourth-order valence-corrected chi connectivity index (χ4v) is 1.12. The number of amides is 1. The van der Waals surface area contributed by atoms with E-state index in [0.29, 0.717) is 12.5 Å². The highest BCUT2D eigenvalue weighted by Crippen LogP contribution is 2.19. The van der Waals surface area contributed by atoms with Crippen molar-refractivity contribution in [3.8, 4) is 0 Å². The van der Waals surface area contributed by atoms with Crippen LogP contribution in [0.5, 0.6) is 0 Å². The van der Waals surface area contributed by atoms with Crippen molar-refractivity contribution in [1.29, 1.82) is 0 Å². The van der Waals surface area contributed by atoms with Crippen LogP contribution in [0, 0.1) is 5.41 Å². The molecular weight excluding hydrogens is 176 g/mol. The first-order valence-corrected chi connectivity index (χ1v) is 5.24. The molecule has 2 atom stereocenters. The van der Waals surface area contributed by atoms with E-state index >= 15 is 0 Å². The van der Waals surface area contributed by atoms with E-state index in [9.17, 15) is 4.79 Å². The molecule has 0 fully saturated rings. The molecule has 84 valence electrons. The summed E-state index contributed by atoms with van der Waals surface area (Å²) in [7, 11) is 1.67. The van der Waals surface area contributed by atoms with Crippen LogP contribution in [0.25, 0.3) is 0 Å². The maximum absolute atomic E-state index is 11.1. The molecule has 3 heteroatoms. The largest absolute Gasteiger partial charge is 0.359 e. The van der Waals surface area contributed by atoms with Crippen LogP contribution in [0.4, 0.5) is 0 Å². The van der Waals surface area contributed by atoms with E-state index in [4.69, 9.17) is 0 Å². The molecule has 0 aliphatic heterocycles. The van der Waals surface area contributed by atoms with Gasteiger partial charge in [0, 0.05) is 25.6 Å². The first-order chi connectivity index (χ1) is 6.27. The SMILES string of the molecule is CNC(=O)CC(C)NC(C)C(C)(C)C. The number of carbonyl (C=O) groups excluding carboxylic acids is 1. The number of nitrogens with one attached hydrogen (secondary N) is 2. The van der Waals surface area contributed by atoms with Gasteiger partial charge in [-0.25, -0.2) is 0 Å². The maximum Gasteiger partial charge on any atom is 0.221 e. The lowest BCUT2D eigenvalue weighted by Crippen LogP contribution is -2.44. The Balaban J connectivity index is 3.94. The molecule has 0 radical (unpaired) electrons. The average Bonchev–Trinajstić information content (AvgIpc) is 2.02. The molecule has 0 saturated heterocycles. The maximum atomic E-state index is 11.1. The summed E-state index contributed by atoms with van der Waals surface area (Å²) in [6.45, 7) is 10.8. The Labute approximate surface area is 87.6 Å². The van der Waals surface area contributed by atoms with Gasteiger partial charge in [0.05, 0.1) is 0 Å². The van der Waals surface area contributed by atoms with Crippen LogP contribution in [0.1, 0.15) is 41.0 Å². The van der Waals surface area contributed by atoms with Crippen molar-refractivity contribution in [3.05, 3.63) is 0 Å². The Bertz CT molecular complexity index is 184. The number of carbonyl (C=O) groups is 1.